The highest BCUT2D eigenvalue weighted by atomic mass is 32.2. The minimum absolute atomic E-state index is 0.0824. The van der Waals surface area contributed by atoms with E-state index in [1.165, 1.54) is 11.3 Å². The van der Waals surface area contributed by atoms with E-state index in [2.05, 4.69) is 29.6 Å². The number of thioether (sulfide) groups is 1. The van der Waals surface area contributed by atoms with Crippen molar-refractivity contribution in [1.82, 2.24) is 5.32 Å². The second-order valence-corrected chi connectivity index (χ2v) is 7.60. The molecule has 1 saturated heterocycles. The highest BCUT2D eigenvalue weighted by Gasteiger charge is 2.35. The first-order valence-electron chi connectivity index (χ1n) is 7.87. The first-order valence-corrected chi connectivity index (χ1v) is 8.69. The Bertz CT molecular complexity index is 467. The summed E-state index contributed by atoms with van der Waals surface area (Å²) >= 11 is 1.90. The fourth-order valence-corrected chi connectivity index (χ4v) is 4.17. The van der Waals surface area contributed by atoms with Crippen molar-refractivity contribution in [3.8, 4) is 0 Å². The van der Waals surface area contributed by atoms with Crippen molar-refractivity contribution in [2.75, 3.05) is 19.8 Å². The van der Waals surface area contributed by atoms with Gasteiger partial charge in [-0.3, -0.25) is 4.79 Å². The number of nitrogens with one attached hydrogen (secondary N) is 1. The topological polar surface area (TPSA) is 38.3 Å². The summed E-state index contributed by atoms with van der Waals surface area (Å²) in [7, 11) is 0. The van der Waals surface area contributed by atoms with Crippen molar-refractivity contribution in [3.63, 3.8) is 0 Å². The van der Waals surface area contributed by atoms with Crippen LogP contribution in [-0.4, -0.2) is 30.4 Å². The third-order valence-corrected chi connectivity index (χ3v) is 6.04. The zero-order valence-electron chi connectivity index (χ0n) is 12.3. The van der Waals surface area contributed by atoms with Crippen LogP contribution >= 0.6 is 11.8 Å². The average Bonchev–Trinajstić information content (AvgIpc) is 2.46. The summed E-state index contributed by atoms with van der Waals surface area (Å²) in [6.07, 6.45) is 5.33. The summed E-state index contributed by atoms with van der Waals surface area (Å²) in [4.78, 5) is 13.4. The van der Waals surface area contributed by atoms with Gasteiger partial charge in [-0.25, -0.2) is 0 Å². The summed E-state index contributed by atoms with van der Waals surface area (Å²) < 4.78 is 5.61. The lowest BCUT2D eigenvalue weighted by molar-refractivity contribution is -0.127. The van der Waals surface area contributed by atoms with Crippen molar-refractivity contribution < 1.29 is 9.53 Å². The summed E-state index contributed by atoms with van der Waals surface area (Å²) in [6.45, 7) is 2.34. The molecule has 1 N–H and O–H groups in total. The van der Waals surface area contributed by atoms with Crippen molar-refractivity contribution in [2.24, 2.45) is 5.92 Å². The molecule has 114 valence electrons. The molecule has 1 heterocycles. The molecule has 0 aromatic heterocycles. The molecule has 3 rings (SSSR count). The number of rotatable bonds is 5. The lowest BCUT2D eigenvalue weighted by Gasteiger charge is -2.37. The van der Waals surface area contributed by atoms with E-state index in [1.54, 1.807) is 0 Å². The SMILES string of the molecule is O=C(NCC1(Sc2ccccc2)CCOCC1)C1CCC1. The van der Waals surface area contributed by atoms with Crippen molar-refractivity contribution in [2.45, 2.75) is 41.7 Å². The molecule has 21 heavy (non-hydrogen) atoms. The Morgan fingerprint density at radius 1 is 1.24 bits per heavy atom. The third kappa shape index (κ3) is 3.80. The third-order valence-electron chi connectivity index (χ3n) is 4.54. The van der Waals surface area contributed by atoms with E-state index in [0.717, 1.165) is 45.4 Å². The van der Waals surface area contributed by atoms with Gasteiger partial charge in [0, 0.05) is 35.3 Å². The monoisotopic (exact) mass is 305 g/mol. The Balaban J connectivity index is 1.63. The van der Waals surface area contributed by atoms with Crippen LogP contribution in [0.15, 0.2) is 35.2 Å². The summed E-state index contributed by atoms with van der Waals surface area (Å²) in [5, 5.41) is 3.20. The molecule has 0 spiro atoms. The molecule has 4 heteroatoms. The Morgan fingerprint density at radius 3 is 2.57 bits per heavy atom. The highest BCUT2D eigenvalue weighted by Crippen LogP contribution is 2.40. The van der Waals surface area contributed by atoms with Gasteiger partial charge < -0.3 is 10.1 Å². The zero-order valence-corrected chi connectivity index (χ0v) is 13.2. The standard InChI is InChI=1S/C17H23NO2S/c19-16(14-5-4-6-14)18-13-17(9-11-20-12-10-17)21-15-7-2-1-3-8-15/h1-3,7-8,14H,4-6,9-13H2,(H,18,19). The minimum atomic E-state index is 0.0824. The molecule has 0 radical (unpaired) electrons. The summed E-state index contributed by atoms with van der Waals surface area (Å²) in [5.74, 6) is 0.518. The Labute approximate surface area is 130 Å². The molecule has 2 fully saturated rings. The van der Waals surface area contributed by atoms with Gasteiger partial charge >= 0.3 is 0 Å². The molecule has 1 amide bonds. The molecular formula is C17H23NO2S. The van der Waals surface area contributed by atoms with Crippen LogP contribution in [0.5, 0.6) is 0 Å². The number of amides is 1. The quantitative estimate of drug-likeness (QED) is 0.907. The molecule has 1 aromatic carbocycles. The van der Waals surface area contributed by atoms with Crippen LogP contribution in [0.1, 0.15) is 32.1 Å². The van der Waals surface area contributed by atoms with Crippen LogP contribution in [0.3, 0.4) is 0 Å². The van der Waals surface area contributed by atoms with E-state index in [4.69, 9.17) is 4.74 Å². The van der Waals surface area contributed by atoms with Gasteiger partial charge in [-0.2, -0.15) is 0 Å². The average molecular weight is 305 g/mol. The van der Waals surface area contributed by atoms with E-state index in [9.17, 15) is 4.79 Å². The van der Waals surface area contributed by atoms with Gasteiger partial charge in [0.25, 0.3) is 0 Å². The van der Waals surface area contributed by atoms with Gasteiger partial charge in [-0.1, -0.05) is 24.6 Å². The van der Waals surface area contributed by atoms with E-state index in [1.807, 2.05) is 17.8 Å². The van der Waals surface area contributed by atoms with Gasteiger partial charge in [0.15, 0.2) is 0 Å². The molecule has 2 aliphatic rings. The first kappa shape index (κ1) is 14.9. The fraction of sp³-hybridized carbons (Fsp3) is 0.588. The lowest BCUT2D eigenvalue weighted by atomic mass is 9.84. The highest BCUT2D eigenvalue weighted by molar-refractivity contribution is 8.00. The van der Waals surface area contributed by atoms with Crippen molar-refractivity contribution >= 4 is 17.7 Å². The molecular weight excluding hydrogens is 282 g/mol. The Kier molecular flexibility index (Phi) is 4.86. The number of ether oxygens (including phenoxy) is 1. The summed E-state index contributed by atoms with van der Waals surface area (Å²) in [6, 6.07) is 10.5. The van der Waals surface area contributed by atoms with Crippen LogP contribution in [0.25, 0.3) is 0 Å². The molecule has 0 bridgehead atoms. The molecule has 1 aliphatic heterocycles. The second-order valence-electron chi connectivity index (χ2n) is 6.06. The van der Waals surface area contributed by atoms with Gasteiger partial charge in [-0.05, 0) is 37.8 Å². The molecule has 1 aromatic rings. The first-order chi connectivity index (χ1) is 10.3. The smallest absolute Gasteiger partial charge is 0.223 e. The largest absolute Gasteiger partial charge is 0.381 e. The molecule has 0 atom stereocenters. The predicted molar refractivity (Wildman–Crippen MR) is 85.4 cm³/mol. The summed E-state index contributed by atoms with van der Waals surface area (Å²) in [5.41, 5.74) is 0. The van der Waals surface area contributed by atoms with Crippen LogP contribution in [0.2, 0.25) is 0 Å². The number of benzene rings is 1. The second kappa shape index (κ2) is 6.84. The van der Waals surface area contributed by atoms with E-state index in [-0.39, 0.29) is 16.6 Å². The van der Waals surface area contributed by atoms with Gasteiger partial charge in [0.1, 0.15) is 0 Å². The number of carbonyl (C=O) groups is 1. The maximum absolute atomic E-state index is 12.1. The molecule has 3 nitrogen and oxygen atoms in total. The zero-order chi connectivity index (χ0) is 14.5. The van der Waals surface area contributed by atoms with Gasteiger partial charge in [0.2, 0.25) is 5.91 Å². The molecule has 0 unspecified atom stereocenters. The van der Waals surface area contributed by atoms with Crippen molar-refractivity contribution in [3.05, 3.63) is 30.3 Å². The fourth-order valence-electron chi connectivity index (χ4n) is 2.86. The van der Waals surface area contributed by atoms with Gasteiger partial charge in [-0.15, -0.1) is 11.8 Å². The van der Waals surface area contributed by atoms with Crippen LogP contribution < -0.4 is 5.32 Å². The van der Waals surface area contributed by atoms with Crippen LogP contribution in [0.4, 0.5) is 0 Å². The predicted octanol–water partition coefficient (Wildman–Crippen LogP) is 3.24. The minimum Gasteiger partial charge on any atom is -0.381 e. The van der Waals surface area contributed by atoms with Crippen LogP contribution in [-0.2, 0) is 9.53 Å². The van der Waals surface area contributed by atoms with Crippen molar-refractivity contribution in [1.29, 1.82) is 0 Å². The molecule has 1 saturated carbocycles. The van der Waals surface area contributed by atoms with E-state index < -0.39 is 0 Å². The number of hydrogen-bond acceptors (Lipinski definition) is 3. The normalized spacial score (nSPS) is 21.5. The van der Waals surface area contributed by atoms with E-state index >= 15 is 0 Å². The van der Waals surface area contributed by atoms with Gasteiger partial charge in [0.05, 0.1) is 0 Å². The Morgan fingerprint density at radius 2 is 1.95 bits per heavy atom. The maximum atomic E-state index is 12.1. The van der Waals surface area contributed by atoms with Crippen LogP contribution in [0, 0.1) is 5.92 Å². The number of hydrogen-bond donors (Lipinski definition) is 1. The van der Waals surface area contributed by atoms with E-state index in [0.29, 0.717) is 0 Å². The number of carbonyl (C=O) groups excluding carboxylic acids is 1. The lowest BCUT2D eigenvalue weighted by Crippen LogP contribution is -2.46. The maximum Gasteiger partial charge on any atom is 0.223 e. The Hall–Kier alpha value is -1.00. The molecule has 1 aliphatic carbocycles.